The first-order valence-corrected chi connectivity index (χ1v) is 41.2. The number of amides is 3. The number of hydrogen-bond donors (Lipinski definition) is 6. The van der Waals surface area contributed by atoms with Gasteiger partial charge in [0.25, 0.3) is 17.7 Å². The summed E-state index contributed by atoms with van der Waals surface area (Å²) in [6, 6.07) is 25.6. The number of fused-ring (bicyclic) bond motifs is 4. The summed E-state index contributed by atoms with van der Waals surface area (Å²) in [5.41, 5.74) is 11.4. The molecule has 11 heterocycles. The van der Waals surface area contributed by atoms with E-state index in [0.29, 0.717) is 167 Å². The van der Waals surface area contributed by atoms with Crippen LogP contribution in [0.1, 0.15) is 211 Å². The van der Waals surface area contributed by atoms with Gasteiger partial charge in [0.05, 0.1) is 70.3 Å². The predicted molar refractivity (Wildman–Crippen MR) is 450 cm³/mol. The molecule has 0 bridgehead atoms. The lowest BCUT2D eigenvalue weighted by Crippen LogP contribution is -2.27. The molecule has 5 atom stereocenters. The van der Waals surface area contributed by atoms with E-state index in [2.05, 4.69) is 49.7 Å². The Hall–Kier alpha value is -10.8. The summed E-state index contributed by atoms with van der Waals surface area (Å²) in [4.78, 5) is 117. The molecule has 5 unspecified atom stereocenters. The van der Waals surface area contributed by atoms with Gasteiger partial charge in [-0.25, -0.2) is 24.3 Å². The van der Waals surface area contributed by atoms with Crippen molar-refractivity contribution in [2.75, 3.05) is 73.9 Å². The van der Waals surface area contributed by atoms with Crippen molar-refractivity contribution in [3.63, 3.8) is 0 Å². The van der Waals surface area contributed by atoms with Crippen LogP contribution in [0.15, 0.2) is 97.1 Å². The van der Waals surface area contributed by atoms with Crippen molar-refractivity contribution < 1.29 is 100 Å². The van der Waals surface area contributed by atoms with Gasteiger partial charge in [0.1, 0.15) is 34.8 Å². The number of benzene rings is 4. The number of ether oxygens (including phenoxy) is 10. The zero-order chi connectivity index (χ0) is 88.0. The maximum Gasteiger partial charge on any atom is 0.261 e. The van der Waals surface area contributed by atoms with Gasteiger partial charge in [0.2, 0.25) is 0 Å². The van der Waals surface area contributed by atoms with Crippen molar-refractivity contribution in [1.29, 1.82) is 0 Å². The summed E-state index contributed by atoms with van der Waals surface area (Å²) in [5, 5.41) is 29.1. The molecule has 3 fully saturated rings. The minimum absolute atomic E-state index is 0.00347. The highest BCUT2D eigenvalue weighted by molar-refractivity contribution is 6.32. The Labute approximate surface area is 723 Å². The number of Topliss-reactive ketones (excluding diaryl/α,β-unsaturated/α-hetero) is 5. The average molecular weight is 1760 g/mol. The summed E-state index contributed by atoms with van der Waals surface area (Å²) in [7, 11) is 4.39. The number of aliphatic hydroxyl groups is 2. The second-order valence-electron chi connectivity index (χ2n) is 32.7. The van der Waals surface area contributed by atoms with E-state index in [-0.39, 0.29) is 140 Å². The fraction of sp³-hybridized carbons (Fsp3) is 0.416. The fourth-order valence-corrected chi connectivity index (χ4v) is 15.4. The molecule has 0 saturated carbocycles. The van der Waals surface area contributed by atoms with Gasteiger partial charge < -0.3 is 79.3 Å². The molecule has 3 amide bonds. The quantitative estimate of drug-likeness (QED) is 0.0206. The topological polar surface area (TPSA) is 383 Å². The van der Waals surface area contributed by atoms with Crippen LogP contribution in [-0.4, -0.2) is 169 Å². The Morgan fingerprint density at radius 2 is 0.795 bits per heavy atom. The number of nitrogens with one attached hydrogen (secondary N) is 3. The first-order valence-electron chi connectivity index (χ1n) is 39.7. The molecule has 0 aliphatic carbocycles. The summed E-state index contributed by atoms with van der Waals surface area (Å²) >= 11 is 24.5. The van der Waals surface area contributed by atoms with Crippen LogP contribution in [-0.2, 0) is 36.0 Å². The molecule has 8 aromatic rings. The zero-order valence-corrected chi connectivity index (χ0v) is 72.2. The molecule has 0 radical (unpaired) electrons. The lowest BCUT2D eigenvalue weighted by Gasteiger charge is -2.17. The van der Waals surface area contributed by atoms with Crippen LogP contribution in [0.3, 0.4) is 0 Å². The largest absolute Gasteiger partial charge is 0.493 e. The number of aromatic nitrogens is 4. The summed E-state index contributed by atoms with van der Waals surface area (Å²) in [5.74, 6) is 2.10. The van der Waals surface area contributed by atoms with E-state index >= 15 is 0 Å². The first kappa shape index (κ1) is 90.4. The maximum absolute atomic E-state index is 13.8. The third-order valence-corrected chi connectivity index (χ3v) is 22.8. The van der Waals surface area contributed by atoms with Crippen molar-refractivity contribution >= 4 is 93.0 Å². The van der Waals surface area contributed by atoms with Gasteiger partial charge in [-0.15, -0.1) is 0 Å². The number of nitrogens with zero attached hydrogens (tertiary/aromatic N) is 4. The molecule has 3 saturated heterocycles. The Morgan fingerprint density at radius 3 is 1.16 bits per heavy atom. The van der Waals surface area contributed by atoms with Gasteiger partial charge in [0.15, 0.2) is 114 Å². The molecule has 28 nitrogen and oxygen atoms in total. The van der Waals surface area contributed by atoms with Crippen molar-refractivity contribution in [1.82, 2.24) is 35.9 Å². The molecule has 122 heavy (non-hydrogen) atoms. The molecule has 7 aliphatic rings. The number of hydrogen-bond acceptors (Lipinski definition) is 25. The SMILES string of the molecule is CC1(C)COc2c1cc(C(O)CN)nc2Cl.COc1cc(C(=O)CCC(=O)c2cc3c(c(-c4ccc(F)c(Cl)c4)n2)OCC3(C)C)ccc1OC1CCNC1=O.COc1cc(C(=O)CCC(=O)c2cc3c(c(Cl)n2)OCC3(C)C)ccc1OC1CCNC1=O.COc1cc(C(=O)CCC(O)c2cc3c(c(Cl)n2)OCC3(C)C)ccc1OC1CCNC1=O. The number of ketones is 5. The minimum atomic E-state index is -0.946. The van der Waals surface area contributed by atoms with E-state index in [9.17, 15) is 53.0 Å². The van der Waals surface area contributed by atoms with Crippen LogP contribution in [0.4, 0.5) is 4.39 Å². The van der Waals surface area contributed by atoms with E-state index in [1.807, 2.05) is 47.6 Å². The smallest absolute Gasteiger partial charge is 0.261 e. The van der Waals surface area contributed by atoms with E-state index in [4.69, 9.17) is 99.5 Å². The normalized spacial score (nSPS) is 18.3. The molecule has 7 aliphatic heterocycles. The van der Waals surface area contributed by atoms with E-state index in [1.165, 1.54) is 39.5 Å². The van der Waals surface area contributed by atoms with Gasteiger partial charge >= 0.3 is 0 Å². The van der Waals surface area contributed by atoms with E-state index in [0.717, 1.165) is 22.3 Å². The number of halogens is 5. The Balaban J connectivity index is 0.000000154. The lowest BCUT2D eigenvalue weighted by atomic mass is 9.85. The Bertz CT molecular complexity index is 5420. The van der Waals surface area contributed by atoms with Gasteiger partial charge in [-0.1, -0.05) is 102 Å². The number of pyridine rings is 4. The zero-order valence-electron chi connectivity index (χ0n) is 69.1. The second-order valence-corrected chi connectivity index (χ2v) is 34.2. The molecule has 33 heteroatoms. The molecule has 646 valence electrons. The van der Waals surface area contributed by atoms with Crippen LogP contribution in [0, 0.1) is 5.82 Å². The monoisotopic (exact) mass is 1750 g/mol. The van der Waals surface area contributed by atoms with Gasteiger partial charge in [-0.2, -0.15) is 0 Å². The van der Waals surface area contributed by atoms with Crippen LogP contribution < -0.4 is 69.1 Å². The summed E-state index contributed by atoms with van der Waals surface area (Å²) in [6.45, 7) is 19.9. The van der Waals surface area contributed by atoms with Crippen LogP contribution in [0.5, 0.6) is 57.5 Å². The van der Waals surface area contributed by atoms with Crippen LogP contribution >= 0.6 is 46.4 Å². The number of aliphatic hydroxyl groups excluding tert-OH is 2. The van der Waals surface area contributed by atoms with Gasteiger partial charge in [0, 0.05) is 144 Å². The minimum Gasteiger partial charge on any atom is -0.493 e. The van der Waals surface area contributed by atoms with Crippen LogP contribution in [0.2, 0.25) is 20.5 Å². The highest BCUT2D eigenvalue weighted by Crippen LogP contribution is 2.48. The maximum atomic E-state index is 13.8. The third kappa shape index (κ3) is 20.4. The highest BCUT2D eigenvalue weighted by atomic mass is 35.5. The predicted octanol–water partition coefficient (Wildman–Crippen LogP) is 13.6. The van der Waals surface area contributed by atoms with Gasteiger partial charge in [-0.05, 0) is 103 Å². The molecule has 7 N–H and O–H groups in total. The fourth-order valence-electron chi connectivity index (χ4n) is 14.4. The number of methoxy groups -OCH3 is 3. The first-order chi connectivity index (χ1) is 57.9. The Morgan fingerprint density at radius 1 is 0.451 bits per heavy atom. The second kappa shape index (κ2) is 37.9. The van der Waals surface area contributed by atoms with Crippen molar-refractivity contribution in [3.05, 3.63) is 185 Å². The standard InChI is InChI=1S/C30H28ClFN2O6.C24H27ClN2O6.C24H25ClN2O6.C11H15ClN2O2/c1-30(2)15-39-28-18(30)14-21(34-27(28)17-4-6-20(32)19(31)12-17)23(36)8-7-22(35)16-5-9-24(26(13-16)38-3)40-25-10-11-33-29(25)37;2*1-24(2)12-32-21-14(24)11-15(27-22(21)25)17(29)6-5-16(28)13-4-7-18(20(10-13)31-3)33-19-8-9-26-23(19)30;1-11(2)5-16-9-6(11)3-7(8(15)4-13)14-10(9)12/h4-6,9,12-14,25H,7-8,10-11,15H2,1-3H3,(H,33,37);4,7,10-11,17,19,29H,5-6,8-9,12H2,1-3H3,(H,26,30);4,7,10-11,19H,5-6,8-9,12H2,1-3H3,(H,26,30);3,8,15H,4-5,13H2,1-2H3. The third-order valence-electron chi connectivity index (χ3n) is 21.8. The number of carbonyl (C=O) groups excluding carboxylic acids is 8. The number of nitrogens with two attached hydrogens (primary N) is 1. The molecule has 15 rings (SSSR count). The van der Waals surface area contributed by atoms with Crippen molar-refractivity contribution in [2.24, 2.45) is 5.73 Å². The molecule has 4 aromatic carbocycles. The van der Waals surface area contributed by atoms with Crippen molar-refractivity contribution in [3.8, 4) is 68.8 Å². The summed E-state index contributed by atoms with van der Waals surface area (Å²) < 4.78 is 69.8. The molecular formula is C89H95Cl4FN8O20. The molecule has 0 spiro atoms. The average Bonchev–Trinajstić information content (AvgIpc) is 1.74. The summed E-state index contributed by atoms with van der Waals surface area (Å²) in [6.07, 6.45) is -1.65. The molecular weight excluding hydrogens is 1660 g/mol. The van der Waals surface area contributed by atoms with E-state index < -0.39 is 36.3 Å². The van der Waals surface area contributed by atoms with Gasteiger partial charge in [-0.3, -0.25) is 38.4 Å². The van der Waals surface area contributed by atoms with E-state index in [1.54, 1.807) is 72.8 Å². The number of rotatable bonds is 27. The number of carbonyl (C=O) groups is 8. The lowest BCUT2D eigenvalue weighted by molar-refractivity contribution is -0.125. The molecule has 4 aromatic heterocycles. The van der Waals surface area contributed by atoms with Crippen LogP contribution in [0.25, 0.3) is 11.3 Å². The highest BCUT2D eigenvalue weighted by Gasteiger charge is 2.41. The van der Waals surface area contributed by atoms with Crippen molar-refractivity contribution in [2.45, 2.75) is 165 Å². The Kier molecular flexibility index (Phi) is 28.1.